The summed E-state index contributed by atoms with van der Waals surface area (Å²) in [5, 5.41) is 0. The Bertz CT molecular complexity index is 1230. The van der Waals surface area contributed by atoms with Crippen LogP contribution in [0.3, 0.4) is 0 Å². The van der Waals surface area contributed by atoms with Gasteiger partial charge in [-0.25, -0.2) is 9.18 Å². The van der Waals surface area contributed by atoms with Crippen molar-refractivity contribution in [2.75, 3.05) is 18.6 Å². The van der Waals surface area contributed by atoms with E-state index in [1.54, 1.807) is 4.90 Å². The Labute approximate surface area is 201 Å². The van der Waals surface area contributed by atoms with E-state index in [-0.39, 0.29) is 11.7 Å². The van der Waals surface area contributed by atoms with Crippen LogP contribution in [0.4, 0.5) is 14.9 Å². The van der Waals surface area contributed by atoms with Gasteiger partial charge in [-0.1, -0.05) is 70.2 Å². The molecule has 1 aromatic heterocycles. The van der Waals surface area contributed by atoms with Crippen LogP contribution in [-0.2, 0) is 11.2 Å². The molecule has 0 unspecified atom stereocenters. The predicted molar refractivity (Wildman–Crippen MR) is 136 cm³/mol. The second-order valence-corrected chi connectivity index (χ2v) is 9.27. The Morgan fingerprint density at radius 3 is 2.44 bits per heavy atom. The lowest BCUT2D eigenvalue weighted by atomic mass is 9.86. The van der Waals surface area contributed by atoms with Crippen molar-refractivity contribution < 1.29 is 13.9 Å². The van der Waals surface area contributed by atoms with Gasteiger partial charge in [-0.3, -0.25) is 9.88 Å². The van der Waals surface area contributed by atoms with E-state index < -0.39 is 6.09 Å². The van der Waals surface area contributed by atoms with E-state index in [1.165, 1.54) is 19.2 Å². The van der Waals surface area contributed by atoms with E-state index in [0.717, 1.165) is 44.9 Å². The third-order valence-corrected chi connectivity index (χ3v) is 6.12. The number of para-hydroxylation sites is 1. The fourth-order valence-corrected chi connectivity index (χ4v) is 4.52. The van der Waals surface area contributed by atoms with Crippen molar-refractivity contribution in [3.05, 3.63) is 77.2 Å². The molecule has 1 amide bonds. The van der Waals surface area contributed by atoms with Crippen LogP contribution in [0.25, 0.3) is 28.5 Å². The molecule has 0 radical (unpaired) electrons. The average molecular weight is 459 g/mol. The minimum atomic E-state index is -0.396. The first-order valence-corrected chi connectivity index (χ1v) is 11.8. The molecule has 176 valence electrons. The number of anilines is 1. The zero-order valence-electron chi connectivity index (χ0n) is 20.4. The van der Waals surface area contributed by atoms with Gasteiger partial charge < -0.3 is 4.74 Å². The standard InChI is InChI=1S/C29H31FN2O2/c1-18(2)10-15-23-26(20-11-13-21(30)14-12-20)24-16-17-32(29(33)34-5)25-9-7-6-8-22(25)28(24)31-27(23)19(3)4/h6-15,18-19H,16-17H2,1-5H3/b15-10+. The molecule has 0 saturated heterocycles. The predicted octanol–water partition coefficient (Wildman–Crippen LogP) is 7.48. The number of ether oxygens (including phenoxy) is 1. The summed E-state index contributed by atoms with van der Waals surface area (Å²) in [7, 11) is 1.40. The number of halogens is 1. The number of amides is 1. The van der Waals surface area contributed by atoms with Gasteiger partial charge in [0.05, 0.1) is 24.2 Å². The summed E-state index contributed by atoms with van der Waals surface area (Å²) in [5.74, 6) is 0.272. The van der Waals surface area contributed by atoms with Crippen molar-refractivity contribution in [3.8, 4) is 22.4 Å². The Morgan fingerprint density at radius 1 is 1.09 bits per heavy atom. The molecule has 0 fully saturated rings. The third-order valence-electron chi connectivity index (χ3n) is 6.12. The zero-order chi connectivity index (χ0) is 24.4. The van der Waals surface area contributed by atoms with Gasteiger partial charge in [0.25, 0.3) is 0 Å². The van der Waals surface area contributed by atoms with Crippen LogP contribution in [-0.4, -0.2) is 24.7 Å². The quantitative estimate of drug-likeness (QED) is 0.407. The Kier molecular flexibility index (Phi) is 6.82. The van der Waals surface area contributed by atoms with Crippen LogP contribution in [0.2, 0.25) is 0 Å². The summed E-state index contributed by atoms with van der Waals surface area (Å²) >= 11 is 0. The highest BCUT2D eigenvalue weighted by Crippen LogP contribution is 2.43. The number of carbonyl (C=O) groups is 1. The number of rotatable bonds is 4. The first kappa shape index (κ1) is 23.7. The molecule has 0 atom stereocenters. The lowest BCUT2D eigenvalue weighted by molar-refractivity contribution is 0.179. The Morgan fingerprint density at radius 2 is 1.79 bits per heavy atom. The van der Waals surface area contributed by atoms with E-state index in [1.807, 2.05) is 36.4 Å². The highest BCUT2D eigenvalue weighted by atomic mass is 19.1. The normalized spacial score (nSPS) is 13.2. The Hall–Kier alpha value is -3.47. The largest absolute Gasteiger partial charge is 0.452 e. The summed E-state index contributed by atoms with van der Waals surface area (Å²) in [4.78, 5) is 19.6. The summed E-state index contributed by atoms with van der Waals surface area (Å²) in [5.41, 5.74) is 7.62. The number of allylic oxidation sites excluding steroid dienone is 1. The minimum Gasteiger partial charge on any atom is -0.452 e. The maximum Gasteiger partial charge on any atom is 0.414 e. The van der Waals surface area contributed by atoms with Crippen molar-refractivity contribution in [1.29, 1.82) is 0 Å². The number of pyridine rings is 1. The lowest BCUT2D eigenvalue weighted by Crippen LogP contribution is -2.32. The van der Waals surface area contributed by atoms with Crippen molar-refractivity contribution in [2.24, 2.45) is 5.92 Å². The van der Waals surface area contributed by atoms with Crippen molar-refractivity contribution >= 4 is 17.9 Å². The zero-order valence-corrected chi connectivity index (χ0v) is 20.4. The number of nitrogens with zero attached hydrogens (tertiary/aromatic N) is 2. The van der Waals surface area contributed by atoms with E-state index in [0.29, 0.717) is 18.9 Å². The highest BCUT2D eigenvalue weighted by molar-refractivity contribution is 5.96. The van der Waals surface area contributed by atoms with Crippen molar-refractivity contribution in [1.82, 2.24) is 4.98 Å². The number of carbonyl (C=O) groups excluding carboxylic acids is 1. The minimum absolute atomic E-state index is 0.170. The molecular weight excluding hydrogens is 427 g/mol. The van der Waals surface area contributed by atoms with Gasteiger partial charge in [-0.05, 0) is 53.1 Å². The van der Waals surface area contributed by atoms with Crippen LogP contribution < -0.4 is 4.90 Å². The molecule has 4 rings (SSSR count). The number of fused-ring (bicyclic) bond motifs is 3. The van der Waals surface area contributed by atoms with E-state index in [2.05, 4.69) is 39.8 Å². The maximum absolute atomic E-state index is 13.9. The Balaban J connectivity index is 2.09. The van der Waals surface area contributed by atoms with Crippen LogP contribution in [0.1, 0.15) is 50.4 Å². The molecule has 34 heavy (non-hydrogen) atoms. The summed E-state index contributed by atoms with van der Waals surface area (Å²) in [6.45, 7) is 9.02. The smallest absolute Gasteiger partial charge is 0.414 e. The van der Waals surface area contributed by atoms with Gasteiger partial charge in [-0.2, -0.15) is 0 Å². The lowest BCUT2D eigenvalue weighted by Gasteiger charge is -2.21. The molecule has 3 aromatic rings. The molecule has 5 heteroatoms. The second-order valence-electron chi connectivity index (χ2n) is 9.27. The maximum atomic E-state index is 13.9. The second kappa shape index (κ2) is 9.80. The third kappa shape index (κ3) is 4.47. The molecule has 0 spiro atoms. The topological polar surface area (TPSA) is 42.4 Å². The SMILES string of the molecule is COC(=O)N1CCc2c(nc(C(C)C)c(/C=C/C(C)C)c2-c2ccc(F)cc2)-c2ccccc21. The molecule has 1 aliphatic heterocycles. The fraction of sp³-hybridized carbons (Fsp3) is 0.310. The van der Waals surface area contributed by atoms with Gasteiger partial charge in [0.2, 0.25) is 0 Å². The summed E-state index contributed by atoms with van der Waals surface area (Å²) < 4.78 is 19.0. The number of aromatic nitrogens is 1. The fourth-order valence-electron chi connectivity index (χ4n) is 4.52. The number of benzene rings is 2. The molecular formula is C29H31FN2O2. The monoisotopic (exact) mass is 458 g/mol. The first-order chi connectivity index (χ1) is 16.3. The van der Waals surface area contributed by atoms with E-state index in [9.17, 15) is 9.18 Å². The molecule has 1 aliphatic rings. The number of methoxy groups -OCH3 is 1. The van der Waals surface area contributed by atoms with Crippen LogP contribution in [0, 0.1) is 11.7 Å². The first-order valence-electron chi connectivity index (χ1n) is 11.8. The number of hydrogen-bond donors (Lipinski definition) is 0. The number of hydrogen-bond acceptors (Lipinski definition) is 3. The van der Waals surface area contributed by atoms with Crippen molar-refractivity contribution in [2.45, 2.75) is 40.0 Å². The van der Waals surface area contributed by atoms with Crippen molar-refractivity contribution in [3.63, 3.8) is 0 Å². The van der Waals surface area contributed by atoms with Gasteiger partial charge >= 0.3 is 6.09 Å². The van der Waals surface area contributed by atoms with E-state index >= 15 is 0 Å². The molecule has 4 nitrogen and oxygen atoms in total. The summed E-state index contributed by atoms with van der Waals surface area (Å²) in [6.07, 6.45) is 4.53. The molecule has 2 heterocycles. The highest BCUT2D eigenvalue weighted by Gasteiger charge is 2.29. The van der Waals surface area contributed by atoms with Crippen LogP contribution in [0.5, 0.6) is 0 Å². The van der Waals surface area contributed by atoms with Gasteiger partial charge in [0.15, 0.2) is 0 Å². The van der Waals surface area contributed by atoms with Crippen LogP contribution in [0.15, 0.2) is 54.6 Å². The van der Waals surface area contributed by atoms with Gasteiger partial charge in [-0.15, -0.1) is 0 Å². The van der Waals surface area contributed by atoms with Gasteiger partial charge in [0.1, 0.15) is 5.82 Å². The molecule has 0 N–H and O–H groups in total. The molecule has 0 saturated carbocycles. The molecule has 2 aromatic carbocycles. The van der Waals surface area contributed by atoms with E-state index in [4.69, 9.17) is 9.72 Å². The summed E-state index contributed by atoms with van der Waals surface area (Å²) in [6, 6.07) is 14.5. The molecule has 0 bridgehead atoms. The van der Waals surface area contributed by atoms with Crippen LogP contribution >= 0.6 is 0 Å². The molecule has 0 aliphatic carbocycles. The van der Waals surface area contributed by atoms with Gasteiger partial charge in [0, 0.05) is 17.7 Å². The average Bonchev–Trinajstić information content (AvgIpc) is 2.99.